The number of methoxy groups -OCH3 is 1. The van der Waals surface area contributed by atoms with E-state index in [9.17, 15) is 4.91 Å². The number of rotatable bonds is 4. The Bertz CT molecular complexity index is 559. The molecule has 0 amide bonds. The number of benzene rings is 1. The zero-order valence-electron chi connectivity index (χ0n) is 9.62. The van der Waals surface area contributed by atoms with E-state index in [1.54, 1.807) is 0 Å². The summed E-state index contributed by atoms with van der Waals surface area (Å²) in [5.41, 5.74) is 6.26. The first-order valence-electron chi connectivity index (χ1n) is 5.11. The van der Waals surface area contributed by atoms with Crippen LogP contribution in [0.1, 0.15) is 0 Å². The summed E-state index contributed by atoms with van der Waals surface area (Å²) in [6.07, 6.45) is 0. The molecule has 18 heavy (non-hydrogen) atoms. The third kappa shape index (κ3) is 2.34. The predicted octanol–water partition coefficient (Wildman–Crippen LogP) is 2.21. The van der Waals surface area contributed by atoms with E-state index in [0.29, 0.717) is 0 Å². The highest BCUT2D eigenvalue weighted by Crippen LogP contribution is 2.34. The maximum atomic E-state index is 10.8. The molecule has 92 valence electrons. The van der Waals surface area contributed by atoms with Crippen LogP contribution in [0.5, 0.6) is 5.88 Å². The van der Waals surface area contributed by atoms with E-state index < -0.39 is 0 Å². The second-order valence-corrected chi connectivity index (χ2v) is 3.37. The number of hydrogen-bond acceptors (Lipinski definition) is 7. The lowest BCUT2D eigenvalue weighted by atomic mass is 10.3. The molecule has 7 heteroatoms. The highest BCUT2D eigenvalue weighted by molar-refractivity contribution is 5.72. The van der Waals surface area contributed by atoms with Crippen LogP contribution in [0.3, 0.4) is 0 Å². The van der Waals surface area contributed by atoms with Crippen molar-refractivity contribution in [1.29, 1.82) is 0 Å². The van der Waals surface area contributed by atoms with Crippen LogP contribution in [0.4, 0.5) is 23.1 Å². The molecule has 1 heterocycles. The van der Waals surface area contributed by atoms with Crippen molar-refractivity contribution in [3.8, 4) is 5.88 Å². The molecule has 0 radical (unpaired) electrons. The van der Waals surface area contributed by atoms with Crippen LogP contribution in [-0.2, 0) is 0 Å². The van der Waals surface area contributed by atoms with Crippen LogP contribution in [0.15, 0.2) is 35.5 Å². The molecule has 2 rings (SSSR count). The van der Waals surface area contributed by atoms with Gasteiger partial charge < -0.3 is 15.8 Å². The number of nitrogens with zero attached hydrogens (tertiary/aromatic N) is 3. The van der Waals surface area contributed by atoms with Gasteiger partial charge in [0.25, 0.3) is 5.88 Å². The molecule has 0 saturated carbocycles. The van der Waals surface area contributed by atoms with Gasteiger partial charge in [-0.15, -0.1) is 4.91 Å². The van der Waals surface area contributed by atoms with Crippen molar-refractivity contribution in [2.45, 2.75) is 0 Å². The zero-order valence-corrected chi connectivity index (χ0v) is 9.62. The molecule has 0 fully saturated rings. The number of nitrogens with one attached hydrogen (secondary N) is 1. The predicted molar refractivity (Wildman–Crippen MR) is 68.2 cm³/mol. The molecule has 0 aliphatic heterocycles. The van der Waals surface area contributed by atoms with Gasteiger partial charge in [0.1, 0.15) is 0 Å². The van der Waals surface area contributed by atoms with Gasteiger partial charge in [0.15, 0.2) is 5.82 Å². The summed E-state index contributed by atoms with van der Waals surface area (Å²) in [6, 6.07) is 9.20. The third-order valence-corrected chi connectivity index (χ3v) is 2.19. The molecule has 0 saturated heterocycles. The normalized spacial score (nSPS) is 9.83. The molecule has 0 atom stereocenters. The van der Waals surface area contributed by atoms with Gasteiger partial charge in [-0.05, 0) is 17.3 Å². The van der Waals surface area contributed by atoms with E-state index >= 15 is 0 Å². The van der Waals surface area contributed by atoms with Crippen LogP contribution >= 0.6 is 0 Å². The van der Waals surface area contributed by atoms with E-state index in [1.165, 1.54) is 7.11 Å². The monoisotopic (exact) mass is 245 g/mol. The minimum Gasteiger partial charge on any atom is -0.479 e. The highest BCUT2D eigenvalue weighted by Gasteiger charge is 2.15. The molecule has 2 aromatic rings. The van der Waals surface area contributed by atoms with Crippen molar-refractivity contribution < 1.29 is 4.74 Å². The fourth-order valence-corrected chi connectivity index (χ4v) is 1.42. The summed E-state index contributed by atoms with van der Waals surface area (Å²) in [5.74, 6) is 0.245. The molecular weight excluding hydrogens is 234 g/mol. The van der Waals surface area contributed by atoms with E-state index in [4.69, 9.17) is 10.5 Å². The standard InChI is InChI=1S/C11H11N5O2/c1-18-10-8(16-17)9(14-11(12)15-10)13-7-5-3-2-4-6-7/h2-6H,1H3,(H3,12,13,14,15). The zero-order chi connectivity index (χ0) is 13.0. The smallest absolute Gasteiger partial charge is 0.250 e. The number of anilines is 3. The van der Waals surface area contributed by atoms with Crippen molar-refractivity contribution in [3.63, 3.8) is 0 Å². The number of hydrogen-bond donors (Lipinski definition) is 2. The maximum absolute atomic E-state index is 10.8. The second kappa shape index (κ2) is 5.09. The Morgan fingerprint density at radius 1 is 1.28 bits per heavy atom. The number of nitroso groups, excluding NO2 is 1. The number of para-hydroxylation sites is 1. The summed E-state index contributed by atoms with van der Waals surface area (Å²) in [5, 5.41) is 5.79. The molecule has 1 aromatic carbocycles. The van der Waals surface area contributed by atoms with E-state index in [-0.39, 0.29) is 23.3 Å². The molecule has 7 nitrogen and oxygen atoms in total. The Balaban J connectivity index is 2.43. The van der Waals surface area contributed by atoms with Gasteiger partial charge in [0.05, 0.1) is 7.11 Å². The fraction of sp³-hybridized carbons (Fsp3) is 0.0909. The molecule has 0 spiro atoms. The minimum absolute atomic E-state index is 0.00215. The van der Waals surface area contributed by atoms with E-state index in [2.05, 4.69) is 20.5 Å². The maximum Gasteiger partial charge on any atom is 0.250 e. The number of nitrogens with two attached hydrogens (primary N) is 1. The number of aromatic nitrogens is 2. The fourth-order valence-electron chi connectivity index (χ4n) is 1.42. The summed E-state index contributed by atoms with van der Waals surface area (Å²) >= 11 is 0. The third-order valence-electron chi connectivity index (χ3n) is 2.19. The second-order valence-electron chi connectivity index (χ2n) is 3.37. The first kappa shape index (κ1) is 11.8. The van der Waals surface area contributed by atoms with E-state index in [1.807, 2.05) is 30.3 Å². The average molecular weight is 245 g/mol. The van der Waals surface area contributed by atoms with Crippen molar-refractivity contribution >= 4 is 23.1 Å². The average Bonchev–Trinajstić information content (AvgIpc) is 2.39. The van der Waals surface area contributed by atoms with Gasteiger partial charge in [0, 0.05) is 5.69 Å². The van der Waals surface area contributed by atoms with Gasteiger partial charge >= 0.3 is 0 Å². The van der Waals surface area contributed by atoms with Crippen molar-refractivity contribution in [2.24, 2.45) is 5.18 Å². The number of nitrogen functional groups attached to an aromatic ring is 1. The van der Waals surface area contributed by atoms with Crippen LogP contribution in [-0.4, -0.2) is 17.1 Å². The first-order valence-corrected chi connectivity index (χ1v) is 5.11. The highest BCUT2D eigenvalue weighted by atomic mass is 16.5. The summed E-state index contributed by atoms with van der Waals surface area (Å²) in [4.78, 5) is 18.5. The molecule has 0 unspecified atom stereocenters. The van der Waals surface area contributed by atoms with Crippen LogP contribution in [0.25, 0.3) is 0 Å². The van der Waals surface area contributed by atoms with E-state index in [0.717, 1.165) is 5.69 Å². The Labute approximate surface area is 103 Å². The Morgan fingerprint density at radius 3 is 2.61 bits per heavy atom. The molecule has 0 aliphatic carbocycles. The van der Waals surface area contributed by atoms with Crippen molar-refractivity contribution in [1.82, 2.24) is 9.97 Å². The van der Waals surface area contributed by atoms with Crippen molar-refractivity contribution in [2.75, 3.05) is 18.2 Å². The summed E-state index contributed by atoms with van der Waals surface area (Å²) in [6.45, 7) is 0. The minimum atomic E-state index is -0.0180. The van der Waals surface area contributed by atoms with Gasteiger partial charge in [0.2, 0.25) is 11.6 Å². The first-order chi connectivity index (χ1) is 8.74. The topological polar surface area (TPSA) is 102 Å². The van der Waals surface area contributed by atoms with Gasteiger partial charge in [-0.1, -0.05) is 18.2 Å². The lowest BCUT2D eigenvalue weighted by Gasteiger charge is -2.09. The SMILES string of the molecule is COc1nc(N)nc(Nc2ccccc2)c1N=O. The Kier molecular flexibility index (Phi) is 3.33. The largest absolute Gasteiger partial charge is 0.479 e. The van der Waals surface area contributed by atoms with Crippen LogP contribution < -0.4 is 15.8 Å². The van der Waals surface area contributed by atoms with Gasteiger partial charge in [-0.25, -0.2) is 0 Å². The lowest BCUT2D eigenvalue weighted by molar-refractivity contribution is 0.399. The molecule has 0 bridgehead atoms. The Morgan fingerprint density at radius 2 is 2.00 bits per heavy atom. The summed E-state index contributed by atoms with van der Waals surface area (Å²) < 4.78 is 4.93. The lowest BCUT2D eigenvalue weighted by Crippen LogP contribution is -2.02. The molecule has 0 aliphatic rings. The van der Waals surface area contributed by atoms with Crippen molar-refractivity contribution in [3.05, 3.63) is 35.2 Å². The van der Waals surface area contributed by atoms with Gasteiger partial charge in [-0.2, -0.15) is 9.97 Å². The Hall–Kier alpha value is -2.70. The molecule has 1 aromatic heterocycles. The number of ether oxygens (including phenoxy) is 1. The summed E-state index contributed by atoms with van der Waals surface area (Å²) in [7, 11) is 1.38. The van der Waals surface area contributed by atoms with Gasteiger partial charge in [-0.3, -0.25) is 0 Å². The van der Waals surface area contributed by atoms with Crippen LogP contribution in [0.2, 0.25) is 0 Å². The molecular formula is C11H11N5O2. The quantitative estimate of drug-likeness (QED) is 0.800. The molecule has 3 N–H and O–H groups in total. The van der Waals surface area contributed by atoms with Crippen LogP contribution in [0, 0.1) is 4.91 Å².